The van der Waals surface area contributed by atoms with Crippen molar-refractivity contribution in [1.82, 2.24) is 5.32 Å². The van der Waals surface area contributed by atoms with Crippen molar-refractivity contribution in [2.24, 2.45) is 0 Å². The van der Waals surface area contributed by atoms with Gasteiger partial charge < -0.3 is 9.47 Å². The van der Waals surface area contributed by atoms with Crippen LogP contribution in [0.25, 0.3) is 6.08 Å². The zero-order chi connectivity index (χ0) is 27.6. The van der Waals surface area contributed by atoms with Gasteiger partial charge in [-0.3, -0.25) is 25.0 Å². The van der Waals surface area contributed by atoms with Crippen molar-refractivity contribution >= 4 is 58.5 Å². The van der Waals surface area contributed by atoms with E-state index in [1.807, 2.05) is 0 Å². The minimum absolute atomic E-state index is 0.0471. The summed E-state index contributed by atoms with van der Waals surface area (Å²) in [6, 6.07) is 12.6. The molecule has 10 nitrogen and oxygen atoms in total. The highest BCUT2D eigenvalue weighted by Gasteiger charge is 2.37. The van der Waals surface area contributed by atoms with Gasteiger partial charge in [-0.15, -0.1) is 0 Å². The number of benzene rings is 3. The summed E-state index contributed by atoms with van der Waals surface area (Å²) in [7, 11) is 1.39. The van der Waals surface area contributed by atoms with Crippen molar-refractivity contribution in [3.63, 3.8) is 0 Å². The molecule has 1 aliphatic heterocycles. The minimum Gasteiger partial charge on any atom is -0.493 e. The first-order chi connectivity index (χ1) is 18.1. The Hall–Kier alpha value is -4.41. The molecule has 0 unspecified atom stereocenters. The fourth-order valence-corrected chi connectivity index (χ4v) is 4.14. The predicted molar refractivity (Wildman–Crippen MR) is 141 cm³/mol. The summed E-state index contributed by atoms with van der Waals surface area (Å²) < 4.78 is 11.2. The number of nitrogens with zero attached hydrogens (tertiary/aromatic N) is 2. The number of methoxy groups -OCH3 is 1. The van der Waals surface area contributed by atoms with E-state index in [2.05, 4.69) is 5.32 Å². The Balaban J connectivity index is 1.63. The summed E-state index contributed by atoms with van der Waals surface area (Å²) >= 11 is 12.5. The number of hydrogen-bond donors (Lipinski definition) is 1. The summed E-state index contributed by atoms with van der Waals surface area (Å²) in [6.07, 6.45) is 1.28. The van der Waals surface area contributed by atoms with Crippen LogP contribution >= 0.6 is 23.2 Å². The Bertz CT molecular complexity index is 1500. The van der Waals surface area contributed by atoms with Crippen molar-refractivity contribution < 1.29 is 28.8 Å². The molecule has 194 valence electrons. The SMILES string of the molecule is COc1cc(/C=C2\C(=O)NC(=O)N(c3cc(Cl)ccc3C)C2=O)cc(Cl)c1OCc1ccc([N+](=O)[O-])cc1. The maximum Gasteiger partial charge on any atom is 0.335 e. The van der Waals surface area contributed by atoms with E-state index >= 15 is 0 Å². The molecule has 1 heterocycles. The number of carbonyl (C=O) groups excluding carboxylic acids is 3. The van der Waals surface area contributed by atoms with Crippen LogP contribution in [0.2, 0.25) is 10.0 Å². The number of urea groups is 1. The van der Waals surface area contributed by atoms with Crippen LogP contribution in [0, 0.1) is 17.0 Å². The van der Waals surface area contributed by atoms with Gasteiger partial charge in [-0.1, -0.05) is 29.3 Å². The zero-order valence-corrected chi connectivity index (χ0v) is 21.5. The molecule has 0 atom stereocenters. The third-order valence-electron chi connectivity index (χ3n) is 5.61. The molecular weight excluding hydrogens is 537 g/mol. The van der Waals surface area contributed by atoms with Crippen LogP contribution in [0.5, 0.6) is 11.5 Å². The van der Waals surface area contributed by atoms with Crippen LogP contribution in [0.3, 0.4) is 0 Å². The molecule has 0 aliphatic carbocycles. The van der Waals surface area contributed by atoms with Gasteiger partial charge in [0.2, 0.25) is 0 Å². The van der Waals surface area contributed by atoms with Crippen molar-refractivity contribution in [3.8, 4) is 11.5 Å². The van der Waals surface area contributed by atoms with Crippen molar-refractivity contribution in [2.75, 3.05) is 12.0 Å². The lowest BCUT2D eigenvalue weighted by molar-refractivity contribution is -0.384. The second-order valence-electron chi connectivity index (χ2n) is 8.14. The Labute approximate surface area is 226 Å². The number of non-ortho nitro benzene ring substituents is 1. The maximum atomic E-state index is 13.2. The number of halogens is 2. The Morgan fingerprint density at radius 2 is 1.76 bits per heavy atom. The average molecular weight is 556 g/mol. The molecule has 12 heteroatoms. The molecule has 0 saturated carbocycles. The van der Waals surface area contributed by atoms with E-state index in [0.29, 0.717) is 21.7 Å². The number of nitrogens with one attached hydrogen (secondary N) is 1. The van der Waals surface area contributed by atoms with Crippen LogP contribution in [-0.4, -0.2) is 29.9 Å². The van der Waals surface area contributed by atoms with Crippen molar-refractivity contribution in [2.45, 2.75) is 13.5 Å². The quantitative estimate of drug-likeness (QED) is 0.177. The second-order valence-corrected chi connectivity index (χ2v) is 8.98. The Kier molecular flexibility index (Phi) is 7.65. The predicted octanol–water partition coefficient (Wildman–Crippen LogP) is 5.46. The summed E-state index contributed by atoms with van der Waals surface area (Å²) in [5.41, 5.74) is 1.49. The van der Waals surface area contributed by atoms with Gasteiger partial charge in [-0.05, 0) is 66.1 Å². The fraction of sp³-hybridized carbons (Fsp3) is 0.115. The minimum atomic E-state index is -0.895. The Morgan fingerprint density at radius 1 is 1.05 bits per heavy atom. The van der Waals surface area contributed by atoms with E-state index in [4.69, 9.17) is 32.7 Å². The Morgan fingerprint density at radius 3 is 2.42 bits per heavy atom. The molecule has 1 fully saturated rings. The zero-order valence-electron chi connectivity index (χ0n) is 20.0. The summed E-state index contributed by atoms with van der Waals surface area (Å²) in [6.45, 7) is 1.75. The lowest BCUT2D eigenvalue weighted by Gasteiger charge is -2.27. The van der Waals surface area contributed by atoms with Crippen LogP contribution in [0.4, 0.5) is 16.2 Å². The lowest BCUT2D eigenvalue weighted by Crippen LogP contribution is -2.54. The molecular formula is C26H19Cl2N3O7. The third-order valence-corrected chi connectivity index (χ3v) is 6.12. The second kappa shape index (κ2) is 10.9. The molecule has 4 amide bonds. The largest absolute Gasteiger partial charge is 0.493 e. The molecule has 3 aromatic rings. The van der Waals surface area contributed by atoms with Crippen LogP contribution in [0.1, 0.15) is 16.7 Å². The number of ether oxygens (including phenoxy) is 2. The first kappa shape index (κ1) is 26.6. The van der Waals surface area contributed by atoms with E-state index in [0.717, 1.165) is 4.90 Å². The average Bonchev–Trinajstić information content (AvgIpc) is 2.87. The third kappa shape index (κ3) is 5.46. The number of barbiturate groups is 1. The van der Waals surface area contributed by atoms with Gasteiger partial charge in [0.05, 0.1) is 22.7 Å². The number of anilines is 1. The van der Waals surface area contributed by atoms with Crippen LogP contribution in [-0.2, 0) is 16.2 Å². The van der Waals surface area contributed by atoms with Gasteiger partial charge in [0, 0.05) is 17.2 Å². The first-order valence-electron chi connectivity index (χ1n) is 11.0. The van der Waals surface area contributed by atoms with E-state index in [1.54, 1.807) is 31.2 Å². The highest BCUT2D eigenvalue weighted by Crippen LogP contribution is 2.38. The molecule has 0 bridgehead atoms. The number of carbonyl (C=O) groups is 3. The normalized spacial score (nSPS) is 14.5. The molecule has 0 spiro atoms. The molecule has 1 saturated heterocycles. The molecule has 0 radical (unpaired) electrons. The van der Waals surface area contributed by atoms with Crippen molar-refractivity contribution in [1.29, 1.82) is 0 Å². The molecule has 38 heavy (non-hydrogen) atoms. The van der Waals surface area contributed by atoms with E-state index < -0.39 is 22.8 Å². The number of imide groups is 2. The molecule has 0 aromatic heterocycles. The van der Waals surface area contributed by atoms with E-state index in [9.17, 15) is 24.5 Å². The molecule has 1 N–H and O–H groups in total. The van der Waals surface area contributed by atoms with Gasteiger partial charge in [0.1, 0.15) is 12.2 Å². The molecule has 1 aliphatic rings. The number of nitro benzene ring substituents is 1. The highest BCUT2D eigenvalue weighted by atomic mass is 35.5. The number of hydrogen-bond acceptors (Lipinski definition) is 7. The van der Waals surface area contributed by atoms with Gasteiger partial charge in [0.25, 0.3) is 17.5 Å². The van der Waals surface area contributed by atoms with Crippen LogP contribution < -0.4 is 19.7 Å². The summed E-state index contributed by atoms with van der Waals surface area (Å²) in [4.78, 5) is 49.5. The standard InChI is InChI=1S/C26H19Cl2N3O7/c1-14-3-6-17(27)12-21(14)30-25(33)19(24(32)29-26(30)34)9-16-10-20(28)23(22(11-16)37-2)38-13-15-4-7-18(8-5-15)31(35)36/h3-12H,13H2,1-2H3,(H,29,32,34)/b19-9+. The van der Waals surface area contributed by atoms with Gasteiger partial charge in [-0.2, -0.15) is 0 Å². The maximum absolute atomic E-state index is 13.2. The lowest BCUT2D eigenvalue weighted by atomic mass is 10.1. The highest BCUT2D eigenvalue weighted by molar-refractivity contribution is 6.40. The van der Waals surface area contributed by atoms with Gasteiger partial charge in [-0.25, -0.2) is 9.69 Å². The topological polar surface area (TPSA) is 128 Å². The number of amides is 4. The van der Waals surface area contributed by atoms with Gasteiger partial charge in [0.15, 0.2) is 11.5 Å². The van der Waals surface area contributed by atoms with Crippen molar-refractivity contribution in [3.05, 3.63) is 97.0 Å². The smallest absolute Gasteiger partial charge is 0.335 e. The number of nitro groups is 1. The first-order valence-corrected chi connectivity index (χ1v) is 11.8. The molecule has 3 aromatic carbocycles. The molecule has 4 rings (SSSR count). The fourth-order valence-electron chi connectivity index (χ4n) is 3.70. The van der Waals surface area contributed by atoms with E-state index in [1.165, 1.54) is 43.5 Å². The van der Waals surface area contributed by atoms with E-state index in [-0.39, 0.29) is 40.1 Å². The monoisotopic (exact) mass is 555 g/mol. The number of rotatable bonds is 7. The van der Waals surface area contributed by atoms with Gasteiger partial charge >= 0.3 is 6.03 Å². The summed E-state index contributed by atoms with van der Waals surface area (Å²) in [5, 5.41) is 13.4. The van der Waals surface area contributed by atoms with Crippen LogP contribution in [0.15, 0.2) is 60.2 Å². The summed E-state index contributed by atoms with van der Waals surface area (Å²) in [5.74, 6) is -1.30. The number of aryl methyl sites for hydroxylation is 1.